The van der Waals surface area contributed by atoms with Gasteiger partial charge >= 0.3 is 6.18 Å². The van der Waals surface area contributed by atoms with Crippen LogP contribution >= 0.6 is 0 Å². The van der Waals surface area contributed by atoms with Gasteiger partial charge in [-0.2, -0.15) is 22.6 Å². The van der Waals surface area contributed by atoms with Crippen molar-refractivity contribution < 1.29 is 21.6 Å². The van der Waals surface area contributed by atoms with E-state index in [1.165, 1.54) is 6.20 Å². The van der Waals surface area contributed by atoms with Gasteiger partial charge in [-0.1, -0.05) is 6.08 Å². The first kappa shape index (κ1) is 15.0. The molecular weight excluding hydrogens is 297 g/mol. The number of nitrogens with one attached hydrogen (secondary N) is 1. The van der Waals surface area contributed by atoms with E-state index < -0.39 is 21.8 Å². The van der Waals surface area contributed by atoms with Crippen LogP contribution in [0, 0.1) is 0 Å². The molecule has 0 bridgehead atoms. The molecule has 0 fully saturated rings. The molecule has 0 spiro atoms. The molecule has 0 amide bonds. The van der Waals surface area contributed by atoms with Crippen LogP contribution in [0.3, 0.4) is 0 Å². The lowest BCUT2D eigenvalue weighted by atomic mass is 10.1. The molecule has 0 radical (unpaired) electrons. The Morgan fingerprint density at radius 1 is 1.45 bits per heavy atom. The van der Waals surface area contributed by atoms with Crippen molar-refractivity contribution in [2.45, 2.75) is 24.2 Å². The monoisotopic (exact) mass is 310 g/mol. The van der Waals surface area contributed by atoms with Crippen molar-refractivity contribution in [1.82, 2.24) is 14.5 Å². The van der Waals surface area contributed by atoms with Crippen molar-refractivity contribution in [2.75, 3.05) is 13.1 Å². The van der Waals surface area contributed by atoms with Gasteiger partial charge in [0.05, 0.1) is 6.20 Å². The summed E-state index contributed by atoms with van der Waals surface area (Å²) in [6, 6.07) is 0. The Hall–Kier alpha value is -1.39. The molecule has 6 nitrogen and oxygen atoms in total. The maximum Gasteiger partial charge on any atom is 0.412 e. The molecular formula is C10H13F3N4O2S. The first-order chi connectivity index (χ1) is 9.26. The van der Waals surface area contributed by atoms with Crippen LogP contribution in [0.15, 0.2) is 22.9 Å². The Morgan fingerprint density at radius 2 is 2.15 bits per heavy atom. The van der Waals surface area contributed by atoms with Crippen LogP contribution in [-0.4, -0.2) is 42.2 Å². The number of nitrogens with zero attached hydrogens (tertiary/aromatic N) is 2. The highest BCUT2D eigenvalue weighted by atomic mass is 32.2. The smallest absolute Gasteiger partial charge is 0.326 e. The summed E-state index contributed by atoms with van der Waals surface area (Å²) in [5.41, 5.74) is 5.00. The second-order valence-corrected chi connectivity index (χ2v) is 6.14. The number of halogens is 3. The standard InChI is InChI=1S/C10H13F3N4O2S/c11-10(12,13)8-1-3-17(4-2-8)20(18,19)9-7(5-14)6-15-16-9/h1,6H,2-5,14H2,(H,15,16). The van der Waals surface area contributed by atoms with E-state index in [2.05, 4.69) is 10.2 Å². The third kappa shape index (κ3) is 2.72. The van der Waals surface area contributed by atoms with Crippen LogP contribution < -0.4 is 5.73 Å². The summed E-state index contributed by atoms with van der Waals surface area (Å²) in [5, 5.41) is 5.77. The second-order valence-electron chi connectivity index (χ2n) is 4.27. The molecule has 2 rings (SSSR count). The van der Waals surface area contributed by atoms with Gasteiger partial charge in [0.15, 0.2) is 5.03 Å². The van der Waals surface area contributed by atoms with Gasteiger partial charge in [0.2, 0.25) is 0 Å². The highest BCUT2D eigenvalue weighted by Gasteiger charge is 2.37. The molecule has 0 saturated heterocycles. The molecule has 3 N–H and O–H groups in total. The quantitative estimate of drug-likeness (QED) is 0.806. The average Bonchev–Trinajstić information content (AvgIpc) is 2.87. The van der Waals surface area contributed by atoms with Crippen LogP contribution in [0.1, 0.15) is 12.0 Å². The fraction of sp³-hybridized carbons (Fsp3) is 0.500. The molecule has 2 heterocycles. The number of H-pyrrole nitrogens is 1. The summed E-state index contributed by atoms with van der Waals surface area (Å²) in [6.45, 7) is -0.570. The Bertz CT molecular complexity index is 621. The minimum Gasteiger partial charge on any atom is -0.326 e. The predicted molar refractivity (Wildman–Crippen MR) is 64.0 cm³/mol. The minimum atomic E-state index is -4.41. The van der Waals surface area contributed by atoms with Crippen molar-refractivity contribution in [3.05, 3.63) is 23.4 Å². The summed E-state index contributed by atoms with van der Waals surface area (Å²) in [6.07, 6.45) is -2.60. The molecule has 20 heavy (non-hydrogen) atoms. The molecule has 0 aromatic carbocycles. The summed E-state index contributed by atoms with van der Waals surface area (Å²) < 4.78 is 63.0. The Morgan fingerprint density at radius 3 is 2.65 bits per heavy atom. The third-order valence-corrected chi connectivity index (χ3v) is 4.91. The van der Waals surface area contributed by atoms with Crippen molar-refractivity contribution in [3.8, 4) is 0 Å². The normalized spacial score (nSPS) is 18.1. The fourth-order valence-electron chi connectivity index (χ4n) is 1.92. The number of hydrogen-bond acceptors (Lipinski definition) is 4. The summed E-state index contributed by atoms with van der Waals surface area (Å²) >= 11 is 0. The van der Waals surface area contributed by atoms with Crippen LogP contribution in [0.2, 0.25) is 0 Å². The van der Waals surface area contributed by atoms with Gasteiger partial charge < -0.3 is 5.73 Å². The van der Waals surface area contributed by atoms with E-state index in [9.17, 15) is 21.6 Å². The van der Waals surface area contributed by atoms with Gasteiger partial charge in [-0.3, -0.25) is 5.10 Å². The van der Waals surface area contributed by atoms with E-state index in [0.29, 0.717) is 5.56 Å². The molecule has 0 unspecified atom stereocenters. The van der Waals surface area contributed by atoms with E-state index in [4.69, 9.17) is 5.73 Å². The topological polar surface area (TPSA) is 92.1 Å². The number of rotatable bonds is 3. The van der Waals surface area contributed by atoms with Gasteiger partial charge in [-0.15, -0.1) is 0 Å². The lowest BCUT2D eigenvalue weighted by Gasteiger charge is -2.26. The first-order valence-corrected chi connectivity index (χ1v) is 7.19. The van der Waals surface area contributed by atoms with E-state index in [1.54, 1.807) is 0 Å². The lowest BCUT2D eigenvalue weighted by molar-refractivity contribution is -0.0953. The summed E-state index contributed by atoms with van der Waals surface area (Å²) in [7, 11) is -3.91. The molecule has 1 aliphatic heterocycles. The maximum absolute atomic E-state index is 12.5. The largest absolute Gasteiger partial charge is 0.412 e. The van der Waals surface area contributed by atoms with E-state index in [1.807, 2.05) is 0 Å². The van der Waals surface area contributed by atoms with Crippen molar-refractivity contribution in [3.63, 3.8) is 0 Å². The zero-order valence-electron chi connectivity index (χ0n) is 10.3. The molecule has 10 heteroatoms. The predicted octanol–water partition coefficient (Wildman–Crippen LogP) is 0.752. The third-order valence-electron chi connectivity index (χ3n) is 3.03. The zero-order chi connectivity index (χ0) is 15.0. The molecule has 1 aromatic rings. The number of alkyl halides is 3. The highest BCUT2D eigenvalue weighted by Crippen LogP contribution is 2.31. The van der Waals surface area contributed by atoms with Crippen molar-refractivity contribution >= 4 is 10.0 Å². The summed E-state index contributed by atoms with van der Waals surface area (Å²) in [5.74, 6) is 0. The maximum atomic E-state index is 12.5. The van der Waals surface area contributed by atoms with Gasteiger partial charge in [0, 0.05) is 30.8 Å². The Kier molecular flexibility index (Phi) is 3.89. The number of aromatic amines is 1. The number of aromatic nitrogens is 2. The van der Waals surface area contributed by atoms with Gasteiger partial charge in [-0.25, -0.2) is 8.42 Å². The van der Waals surface area contributed by atoms with E-state index in [-0.39, 0.29) is 31.1 Å². The lowest BCUT2D eigenvalue weighted by Crippen LogP contribution is -2.37. The van der Waals surface area contributed by atoms with Crippen LogP contribution in [0.5, 0.6) is 0 Å². The number of sulfonamides is 1. The molecule has 1 aliphatic rings. The van der Waals surface area contributed by atoms with Crippen molar-refractivity contribution in [2.24, 2.45) is 5.73 Å². The fourth-order valence-corrected chi connectivity index (χ4v) is 3.42. The first-order valence-electron chi connectivity index (χ1n) is 5.75. The molecule has 1 aromatic heterocycles. The van der Waals surface area contributed by atoms with Crippen LogP contribution in [0.25, 0.3) is 0 Å². The van der Waals surface area contributed by atoms with Gasteiger partial charge in [0.25, 0.3) is 10.0 Å². The highest BCUT2D eigenvalue weighted by molar-refractivity contribution is 7.89. The second kappa shape index (κ2) is 5.19. The number of hydrogen-bond donors (Lipinski definition) is 2. The SMILES string of the molecule is NCc1cn[nH]c1S(=O)(=O)N1CC=C(C(F)(F)F)CC1. The van der Waals surface area contributed by atoms with Crippen LogP contribution in [-0.2, 0) is 16.6 Å². The molecule has 0 aliphatic carbocycles. The van der Waals surface area contributed by atoms with Gasteiger partial charge in [0.1, 0.15) is 0 Å². The Balaban J connectivity index is 2.24. The minimum absolute atomic E-state index is 0.0253. The van der Waals surface area contributed by atoms with Crippen molar-refractivity contribution in [1.29, 1.82) is 0 Å². The van der Waals surface area contributed by atoms with E-state index >= 15 is 0 Å². The summed E-state index contributed by atoms with van der Waals surface area (Å²) in [4.78, 5) is 0. The number of nitrogens with two attached hydrogens (primary N) is 1. The Labute approximate surface area is 113 Å². The zero-order valence-corrected chi connectivity index (χ0v) is 11.1. The molecule has 0 saturated carbocycles. The van der Waals surface area contributed by atoms with Gasteiger partial charge in [-0.05, 0) is 6.42 Å². The molecule has 0 atom stereocenters. The van der Waals surface area contributed by atoms with E-state index in [0.717, 1.165) is 10.4 Å². The average molecular weight is 310 g/mol. The molecule has 112 valence electrons. The van der Waals surface area contributed by atoms with Crippen LogP contribution in [0.4, 0.5) is 13.2 Å².